The third-order valence-corrected chi connectivity index (χ3v) is 4.52. The van der Waals surface area contributed by atoms with Crippen LogP contribution in [0.4, 0.5) is 4.39 Å². The second-order valence-electron chi connectivity index (χ2n) is 6.73. The van der Waals surface area contributed by atoms with Crippen molar-refractivity contribution in [3.05, 3.63) is 114 Å². The molecule has 152 valence electrons. The summed E-state index contributed by atoms with van der Waals surface area (Å²) < 4.78 is 18.6. The van der Waals surface area contributed by atoms with Crippen molar-refractivity contribution >= 4 is 28.9 Å². The lowest BCUT2D eigenvalue weighted by molar-refractivity contribution is 0.0734. The first-order valence-corrected chi connectivity index (χ1v) is 9.48. The van der Waals surface area contributed by atoms with Gasteiger partial charge < -0.3 is 4.74 Å². The fraction of sp³-hybridized carbons (Fsp3) is 0. The van der Waals surface area contributed by atoms with Gasteiger partial charge in [0.2, 0.25) is 0 Å². The summed E-state index contributed by atoms with van der Waals surface area (Å²) in [6, 6.07) is 25.1. The first kappa shape index (κ1) is 20.0. The molecule has 0 radical (unpaired) electrons. The van der Waals surface area contributed by atoms with Crippen LogP contribution in [-0.2, 0) is 0 Å². The minimum atomic E-state index is -0.668. The van der Waals surface area contributed by atoms with Crippen LogP contribution >= 0.6 is 0 Å². The number of fused-ring (bicyclic) bond motifs is 1. The SMILES string of the molecule is O=C(N/N=C\c1cccc(OC(=O)c2cccc(F)c2)c1)c1ccc2ccccc2c1. The Morgan fingerprint density at radius 3 is 2.45 bits per heavy atom. The number of hydrogen-bond donors (Lipinski definition) is 1. The molecule has 0 fully saturated rings. The van der Waals surface area contributed by atoms with Crippen LogP contribution in [0.2, 0.25) is 0 Å². The van der Waals surface area contributed by atoms with Gasteiger partial charge in [-0.1, -0.05) is 48.5 Å². The molecule has 0 spiro atoms. The lowest BCUT2D eigenvalue weighted by atomic mass is 10.1. The van der Waals surface area contributed by atoms with Crippen molar-refractivity contribution in [2.24, 2.45) is 5.10 Å². The van der Waals surface area contributed by atoms with E-state index in [1.54, 1.807) is 36.4 Å². The van der Waals surface area contributed by atoms with Crippen molar-refractivity contribution in [2.45, 2.75) is 0 Å². The maximum Gasteiger partial charge on any atom is 0.343 e. The maximum atomic E-state index is 13.3. The second kappa shape index (κ2) is 9.00. The van der Waals surface area contributed by atoms with E-state index in [0.717, 1.165) is 16.8 Å². The monoisotopic (exact) mass is 412 g/mol. The molecule has 1 amide bonds. The molecule has 0 bridgehead atoms. The highest BCUT2D eigenvalue weighted by atomic mass is 19.1. The van der Waals surface area contributed by atoms with Crippen molar-refractivity contribution < 1.29 is 18.7 Å². The van der Waals surface area contributed by atoms with E-state index in [4.69, 9.17) is 4.74 Å². The minimum Gasteiger partial charge on any atom is -0.423 e. The number of ether oxygens (including phenoxy) is 1. The molecule has 0 atom stereocenters. The van der Waals surface area contributed by atoms with Gasteiger partial charge in [-0.2, -0.15) is 5.10 Å². The molecule has 0 aliphatic rings. The Bertz CT molecular complexity index is 1300. The highest BCUT2D eigenvalue weighted by molar-refractivity contribution is 5.99. The number of halogens is 1. The third-order valence-electron chi connectivity index (χ3n) is 4.52. The summed E-state index contributed by atoms with van der Waals surface area (Å²) in [5.41, 5.74) is 3.71. The van der Waals surface area contributed by atoms with E-state index >= 15 is 0 Å². The van der Waals surface area contributed by atoms with Gasteiger partial charge in [0, 0.05) is 5.56 Å². The largest absolute Gasteiger partial charge is 0.423 e. The number of amides is 1. The summed E-state index contributed by atoms with van der Waals surface area (Å²) in [5.74, 6) is -1.24. The number of nitrogens with zero attached hydrogens (tertiary/aromatic N) is 1. The van der Waals surface area contributed by atoms with Crippen LogP contribution in [0, 0.1) is 5.82 Å². The van der Waals surface area contributed by atoms with Gasteiger partial charge in [0.15, 0.2) is 0 Å². The van der Waals surface area contributed by atoms with Gasteiger partial charge in [-0.05, 0) is 58.8 Å². The van der Waals surface area contributed by atoms with E-state index in [0.29, 0.717) is 11.1 Å². The third kappa shape index (κ3) is 5.00. The normalized spacial score (nSPS) is 10.9. The Morgan fingerprint density at radius 1 is 0.806 bits per heavy atom. The Labute approximate surface area is 177 Å². The molecule has 4 aromatic carbocycles. The number of rotatable bonds is 5. The number of hydrazone groups is 1. The maximum absolute atomic E-state index is 13.3. The van der Waals surface area contributed by atoms with Crippen LogP contribution in [0.5, 0.6) is 5.75 Å². The van der Waals surface area contributed by atoms with Gasteiger partial charge in [-0.3, -0.25) is 4.79 Å². The lowest BCUT2D eigenvalue weighted by Gasteiger charge is -2.05. The summed E-state index contributed by atoms with van der Waals surface area (Å²) in [4.78, 5) is 24.5. The number of nitrogens with one attached hydrogen (secondary N) is 1. The zero-order valence-electron chi connectivity index (χ0n) is 16.3. The average Bonchev–Trinajstić information content (AvgIpc) is 2.79. The summed E-state index contributed by atoms with van der Waals surface area (Å²) >= 11 is 0. The fourth-order valence-electron chi connectivity index (χ4n) is 3.00. The topological polar surface area (TPSA) is 67.8 Å². The molecule has 0 unspecified atom stereocenters. The highest BCUT2D eigenvalue weighted by Gasteiger charge is 2.10. The molecule has 5 nitrogen and oxygen atoms in total. The Hall–Kier alpha value is -4.32. The molecule has 0 saturated heterocycles. The van der Waals surface area contributed by atoms with E-state index in [1.165, 1.54) is 24.4 Å². The number of benzene rings is 4. The van der Waals surface area contributed by atoms with E-state index < -0.39 is 11.8 Å². The number of carbonyl (C=O) groups is 2. The molecule has 0 heterocycles. The van der Waals surface area contributed by atoms with Crippen molar-refractivity contribution in [3.63, 3.8) is 0 Å². The van der Waals surface area contributed by atoms with Crippen molar-refractivity contribution in [1.29, 1.82) is 0 Å². The smallest absolute Gasteiger partial charge is 0.343 e. The molecule has 0 saturated carbocycles. The first-order valence-electron chi connectivity index (χ1n) is 9.48. The van der Waals surface area contributed by atoms with Gasteiger partial charge in [0.05, 0.1) is 11.8 Å². The predicted molar refractivity (Wildman–Crippen MR) is 117 cm³/mol. The number of hydrogen-bond acceptors (Lipinski definition) is 4. The van der Waals surface area contributed by atoms with Crippen LogP contribution in [-0.4, -0.2) is 18.1 Å². The Kier molecular flexibility index (Phi) is 5.80. The quantitative estimate of drug-likeness (QED) is 0.218. The Balaban J connectivity index is 1.41. The molecule has 4 aromatic rings. The zero-order chi connectivity index (χ0) is 21.6. The van der Waals surface area contributed by atoms with Crippen molar-refractivity contribution in [1.82, 2.24) is 5.43 Å². The van der Waals surface area contributed by atoms with E-state index in [-0.39, 0.29) is 17.2 Å². The molecular weight excluding hydrogens is 395 g/mol. The molecule has 0 aromatic heterocycles. The van der Waals surface area contributed by atoms with Gasteiger partial charge in [0.1, 0.15) is 11.6 Å². The highest BCUT2D eigenvalue weighted by Crippen LogP contribution is 2.16. The van der Waals surface area contributed by atoms with Gasteiger partial charge in [-0.15, -0.1) is 0 Å². The van der Waals surface area contributed by atoms with Crippen LogP contribution in [0.15, 0.2) is 96.1 Å². The lowest BCUT2D eigenvalue weighted by Crippen LogP contribution is -2.17. The minimum absolute atomic E-state index is 0.113. The molecule has 0 aliphatic carbocycles. The fourth-order valence-corrected chi connectivity index (χ4v) is 3.00. The van der Waals surface area contributed by atoms with Crippen LogP contribution in [0.3, 0.4) is 0 Å². The van der Waals surface area contributed by atoms with Crippen LogP contribution < -0.4 is 10.2 Å². The first-order chi connectivity index (χ1) is 15.1. The number of esters is 1. The molecule has 31 heavy (non-hydrogen) atoms. The van der Waals surface area contributed by atoms with Crippen molar-refractivity contribution in [2.75, 3.05) is 0 Å². The molecular formula is C25H17FN2O3. The van der Waals surface area contributed by atoms with Gasteiger partial charge >= 0.3 is 5.97 Å². The van der Waals surface area contributed by atoms with E-state index in [9.17, 15) is 14.0 Å². The summed E-state index contributed by atoms with van der Waals surface area (Å²) in [6.45, 7) is 0. The summed E-state index contributed by atoms with van der Waals surface area (Å²) in [6.07, 6.45) is 1.44. The molecule has 1 N–H and O–H groups in total. The van der Waals surface area contributed by atoms with Crippen molar-refractivity contribution in [3.8, 4) is 5.75 Å². The zero-order valence-corrected chi connectivity index (χ0v) is 16.3. The van der Waals surface area contributed by atoms with E-state index in [1.807, 2.05) is 30.3 Å². The molecule has 6 heteroatoms. The second-order valence-corrected chi connectivity index (χ2v) is 6.73. The predicted octanol–water partition coefficient (Wildman–Crippen LogP) is 4.96. The standard InChI is InChI=1S/C25H17FN2O3/c26-22-9-4-8-21(15-22)25(30)31-23-10-3-5-17(13-23)16-27-28-24(29)20-12-11-18-6-1-2-7-19(18)14-20/h1-16H,(H,28,29)/b27-16-. The molecule has 0 aliphatic heterocycles. The average molecular weight is 412 g/mol. The summed E-state index contributed by atoms with van der Waals surface area (Å²) in [7, 11) is 0. The van der Waals surface area contributed by atoms with Gasteiger partial charge in [-0.25, -0.2) is 14.6 Å². The van der Waals surface area contributed by atoms with Gasteiger partial charge in [0.25, 0.3) is 5.91 Å². The van der Waals surface area contributed by atoms with Crippen LogP contribution in [0.25, 0.3) is 10.8 Å². The summed E-state index contributed by atoms with van der Waals surface area (Å²) in [5, 5.41) is 5.99. The Morgan fingerprint density at radius 2 is 1.61 bits per heavy atom. The van der Waals surface area contributed by atoms with Crippen LogP contribution in [0.1, 0.15) is 26.3 Å². The number of carbonyl (C=O) groups excluding carboxylic acids is 2. The molecule has 4 rings (SSSR count). The van der Waals surface area contributed by atoms with E-state index in [2.05, 4.69) is 10.5 Å².